The highest BCUT2D eigenvalue weighted by molar-refractivity contribution is 7.98. The van der Waals surface area contributed by atoms with E-state index in [0.717, 1.165) is 22.3 Å². The lowest BCUT2D eigenvalue weighted by molar-refractivity contribution is 0.0949. The summed E-state index contributed by atoms with van der Waals surface area (Å²) in [5, 5.41) is 12.4. The maximum atomic E-state index is 12.8. The molecule has 1 amide bonds. The summed E-state index contributed by atoms with van der Waals surface area (Å²) >= 11 is 1.58. The van der Waals surface area contributed by atoms with Gasteiger partial charge >= 0.3 is 0 Å². The van der Waals surface area contributed by atoms with Crippen LogP contribution < -0.4 is 19.5 Å². The van der Waals surface area contributed by atoms with Gasteiger partial charge in [0.15, 0.2) is 22.5 Å². The lowest BCUT2D eigenvalue weighted by Crippen LogP contribution is -2.24. The van der Waals surface area contributed by atoms with E-state index in [1.807, 2.05) is 47.0 Å². The molecule has 0 saturated carbocycles. The number of benzene rings is 3. The highest BCUT2D eigenvalue weighted by Gasteiger charge is 2.19. The van der Waals surface area contributed by atoms with Gasteiger partial charge in [0, 0.05) is 17.0 Å². The van der Waals surface area contributed by atoms with Crippen molar-refractivity contribution in [3.63, 3.8) is 0 Å². The monoisotopic (exact) mass is 474 g/mol. The number of methoxy groups -OCH3 is 1. The highest BCUT2D eigenvalue weighted by atomic mass is 32.2. The molecule has 172 valence electrons. The zero-order valence-electron chi connectivity index (χ0n) is 18.4. The Hall–Kier alpha value is -3.98. The number of rotatable bonds is 8. The first-order chi connectivity index (χ1) is 16.7. The Balaban J connectivity index is 1.37. The number of ether oxygens (including phenoxy) is 3. The molecular formula is C25H22N4O4S. The molecule has 0 spiro atoms. The fourth-order valence-corrected chi connectivity index (χ4v) is 4.45. The van der Waals surface area contributed by atoms with E-state index in [1.54, 1.807) is 37.1 Å². The molecule has 9 heteroatoms. The molecule has 34 heavy (non-hydrogen) atoms. The molecule has 0 aliphatic carbocycles. The number of carbonyl (C=O) groups excluding carboxylic acids is 1. The van der Waals surface area contributed by atoms with Gasteiger partial charge in [0.2, 0.25) is 6.79 Å². The van der Waals surface area contributed by atoms with E-state index in [2.05, 4.69) is 27.6 Å². The van der Waals surface area contributed by atoms with E-state index in [9.17, 15) is 4.79 Å². The maximum Gasteiger partial charge on any atom is 0.251 e. The second-order valence-corrected chi connectivity index (χ2v) is 8.40. The molecule has 5 rings (SSSR count). The zero-order chi connectivity index (χ0) is 23.3. The van der Waals surface area contributed by atoms with Crippen LogP contribution >= 0.6 is 11.8 Å². The van der Waals surface area contributed by atoms with Gasteiger partial charge in [0.1, 0.15) is 5.75 Å². The van der Waals surface area contributed by atoms with Crippen LogP contribution in [-0.2, 0) is 12.3 Å². The van der Waals surface area contributed by atoms with E-state index in [0.29, 0.717) is 22.9 Å². The quantitative estimate of drug-likeness (QED) is 0.383. The molecule has 0 fully saturated rings. The lowest BCUT2D eigenvalue weighted by Gasteiger charge is -2.12. The first kappa shape index (κ1) is 21.8. The number of nitrogens with one attached hydrogen (secondary N) is 1. The Morgan fingerprint density at radius 3 is 2.62 bits per heavy atom. The molecule has 0 unspecified atom stereocenters. The van der Waals surface area contributed by atoms with Gasteiger partial charge in [-0.15, -0.1) is 10.2 Å². The van der Waals surface area contributed by atoms with Crippen LogP contribution in [0.1, 0.15) is 21.7 Å². The number of carbonyl (C=O) groups is 1. The van der Waals surface area contributed by atoms with Gasteiger partial charge in [-0.3, -0.25) is 9.36 Å². The molecule has 1 aliphatic rings. The summed E-state index contributed by atoms with van der Waals surface area (Å²) in [6.45, 7) is 0.368. The second-order valence-electron chi connectivity index (χ2n) is 7.46. The molecular weight excluding hydrogens is 452 g/mol. The summed E-state index contributed by atoms with van der Waals surface area (Å²) in [6, 6.07) is 22.9. The summed E-state index contributed by atoms with van der Waals surface area (Å²) < 4.78 is 17.9. The Morgan fingerprint density at radius 1 is 1.03 bits per heavy atom. The minimum absolute atomic E-state index is 0.162. The zero-order valence-corrected chi connectivity index (χ0v) is 19.2. The van der Waals surface area contributed by atoms with Crippen molar-refractivity contribution in [1.82, 2.24) is 20.1 Å². The van der Waals surface area contributed by atoms with Crippen LogP contribution in [0.4, 0.5) is 0 Å². The fourth-order valence-electron chi connectivity index (χ4n) is 3.52. The number of amides is 1. The molecule has 0 atom stereocenters. The van der Waals surface area contributed by atoms with Crippen molar-refractivity contribution in [2.24, 2.45) is 0 Å². The van der Waals surface area contributed by atoms with E-state index < -0.39 is 0 Å². The first-order valence-corrected chi connectivity index (χ1v) is 11.6. The van der Waals surface area contributed by atoms with Crippen LogP contribution in [0, 0.1) is 0 Å². The Morgan fingerprint density at radius 2 is 1.82 bits per heavy atom. The van der Waals surface area contributed by atoms with Crippen LogP contribution in [0.3, 0.4) is 0 Å². The number of nitrogens with zero attached hydrogens (tertiary/aromatic N) is 3. The number of thioether (sulfide) groups is 1. The van der Waals surface area contributed by atoms with Gasteiger partial charge < -0.3 is 19.5 Å². The Labute approximate surface area is 200 Å². The summed E-state index contributed by atoms with van der Waals surface area (Å²) in [5.41, 5.74) is 2.56. The molecule has 1 aromatic heterocycles. The average molecular weight is 475 g/mol. The first-order valence-electron chi connectivity index (χ1n) is 10.6. The van der Waals surface area contributed by atoms with E-state index in [4.69, 9.17) is 14.2 Å². The minimum atomic E-state index is -0.235. The Bertz CT molecular complexity index is 1290. The van der Waals surface area contributed by atoms with E-state index in [1.165, 1.54) is 5.56 Å². The summed E-state index contributed by atoms with van der Waals surface area (Å²) in [5.74, 6) is 3.09. The van der Waals surface area contributed by atoms with Gasteiger partial charge in [-0.2, -0.15) is 0 Å². The van der Waals surface area contributed by atoms with Crippen LogP contribution in [-0.4, -0.2) is 34.6 Å². The molecule has 0 radical (unpaired) electrons. The van der Waals surface area contributed by atoms with Gasteiger partial charge in [0.25, 0.3) is 5.91 Å². The van der Waals surface area contributed by atoms with E-state index in [-0.39, 0.29) is 19.2 Å². The van der Waals surface area contributed by atoms with E-state index >= 15 is 0 Å². The topological polar surface area (TPSA) is 87.5 Å². The molecule has 0 saturated heterocycles. The molecule has 1 N–H and O–H groups in total. The molecule has 8 nitrogen and oxygen atoms in total. The highest BCUT2D eigenvalue weighted by Crippen LogP contribution is 2.32. The molecule has 3 aromatic carbocycles. The number of hydrogen-bond acceptors (Lipinski definition) is 7. The Kier molecular flexibility index (Phi) is 6.35. The summed E-state index contributed by atoms with van der Waals surface area (Å²) in [7, 11) is 1.63. The largest absolute Gasteiger partial charge is 0.497 e. The van der Waals surface area contributed by atoms with Crippen molar-refractivity contribution in [2.75, 3.05) is 13.9 Å². The smallest absolute Gasteiger partial charge is 0.251 e. The second kappa shape index (κ2) is 9.88. The standard InChI is InChI=1S/C25H22N4O4S/c1-31-20-10-8-19(9-11-20)29-23(27-28-25(29)34-15-17-5-3-2-4-6-17)14-26-24(30)18-7-12-21-22(13-18)33-16-32-21/h2-13H,14-16H2,1H3,(H,26,30). The number of aromatic nitrogens is 3. The van der Waals surface area contributed by atoms with Gasteiger partial charge in [-0.05, 0) is 48.0 Å². The van der Waals surface area contributed by atoms with Gasteiger partial charge in [-0.25, -0.2) is 0 Å². The van der Waals surface area contributed by atoms with Crippen LogP contribution in [0.5, 0.6) is 17.2 Å². The van der Waals surface area contributed by atoms with Crippen molar-refractivity contribution >= 4 is 17.7 Å². The predicted octanol–water partition coefficient (Wildman–Crippen LogP) is 4.23. The maximum absolute atomic E-state index is 12.8. The number of fused-ring (bicyclic) bond motifs is 1. The molecule has 2 heterocycles. The van der Waals surface area contributed by atoms with Crippen molar-refractivity contribution in [2.45, 2.75) is 17.5 Å². The third kappa shape index (κ3) is 4.69. The number of hydrogen-bond donors (Lipinski definition) is 1. The van der Waals surface area contributed by atoms with Crippen LogP contribution in [0.25, 0.3) is 5.69 Å². The van der Waals surface area contributed by atoms with Gasteiger partial charge in [0.05, 0.1) is 13.7 Å². The summed E-state index contributed by atoms with van der Waals surface area (Å²) in [6.07, 6.45) is 0. The molecule has 4 aromatic rings. The van der Waals surface area contributed by atoms with Crippen molar-refractivity contribution in [3.05, 3.63) is 89.7 Å². The molecule has 1 aliphatic heterocycles. The van der Waals surface area contributed by atoms with Crippen LogP contribution in [0.2, 0.25) is 0 Å². The minimum Gasteiger partial charge on any atom is -0.497 e. The lowest BCUT2D eigenvalue weighted by atomic mass is 10.2. The van der Waals surface area contributed by atoms with Crippen molar-refractivity contribution in [1.29, 1.82) is 0 Å². The predicted molar refractivity (Wildman–Crippen MR) is 128 cm³/mol. The average Bonchev–Trinajstić information content (AvgIpc) is 3.53. The molecule has 0 bridgehead atoms. The third-order valence-corrected chi connectivity index (χ3v) is 6.28. The normalized spacial score (nSPS) is 11.9. The fraction of sp³-hybridized carbons (Fsp3) is 0.160. The van der Waals surface area contributed by atoms with Crippen molar-refractivity contribution in [3.8, 4) is 22.9 Å². The van der Waals surface area contributed by atoms with Crippen LogP contribution in [0.15, 0.2) is 78.0 Å². The van der Waals surface area contributed by atoms with Crippen molar-refractivity contribution < 1.29 is 19.0 Å². The summed E-state index contributed by atoms with van der Waals surface area (Å²) in [4.78, 5) is 12.8. The SMILES string of the molecule is COc1ccc(-n2c(CNC(=O)c3ccc4c(c3)OCO4)nnc2SCc2ccccc2)cc1. The third-order valence-electron chi connectivity index (χ3n) is 5.28. The van der Waals surface area contributed by atoms with Gasteiger partial charge in [-0.1, -0.05) is 42.1 Å².